The first-order valence-electron chi connectivity index (χ1n) is 8.01. The molecule has 25 heavy (non-hydrogen) atoms. The van der Waals surface area contributed by atoms with Crippen molar-refractivity contribution in [2.75, 3.05) is 38.6 Å². The highest BCUT2D eigenvalue weighted by atomic mass is 32.2. The van der Waals surface area contributed by atoms with E-state index >= 15 is 0 Å². The second-order valence-electron chi connectivity index (χ2n) is 6.13. The van der Waals surface area contributed by atoms with Crippen molar-refractivity contribution in [3.63, 3.8) is 0 Å². The highest BCUT2D eigenvalue weighted by molar-refractivity contribution is 7.89. The van der Waals surface area contributed by atoms with Crippen LogP contribution in [0, 0.1) is 5.82 Å². The SMILES string of the molecule is CC(O)(CNC(=O)CCS(=O)(=O)N1CCOCC1)c1ccc(F)cc1. The van der Waals surface area contributed by atoms with Crippen LogP contribution in [0.25, 0.3) is 0 Å². The van der Waals surface area contributed by atoms with Crippen molar-refractivity contribution in [3.05, 3.63) is 35.6 Å². The first kappa shape index (κ1) is 19.8. The number of halogens is 1. The Kier molecular flexibility index (Phi) is 6.50. The molecule has 2 rings (SSSR count). The molecule has 140 valence electrons. The average molecular weight is 374 g/mol. The Balaban J connectivity index is 1.82. The number of benzene rings is 1. The first-order valence-corrected chi connectivity index (χ1v) is 9.62. The maximum Gasteiger partial charge on any atom is 0.221 e. The van der Waals surface area contributed by atoms with E-state index in [9.17, 15) is 22.7 Å². The number of nitrogens with one attached hydrogen (secondary N) is 1. The van der Waals surface area contributed by atoms with Crippen molar-refractivity contribution >= 4 is 15.9 Å². The van der Waals surface area contributed by atoms with E-state index in [1.807, 2.05) is 0 Å². The third-order valence-corrected chi connectivity index (χ3v) is 5.92. The lowest BCUT2D eigenvalue weighted by Crippen LogP contribution is -2.43. The lowest BCUT2D eigenvalue weighted by molar-refractivity contribution is -0.121. The number of carbonyl (C=O) groups excluding carboxylic acids is 1. The molecular weight excluding hydrogens is 351 g/mol. The van der Waals surface area contributed by atoms with Gasteiger partial charge in [0, 0.05) is 19.5 Å². The number of amides is 1. The van der Waals surface area contributed by atoms with Crippen LogP contribution < -0.4 is 5.32 Å². The number of morpholine rings is 1. The summed E-state index contributed by atoms with van der Waals surface area (Å²) in [5.74, 6) is -1.19. The molecule has 0 radical (unpaired) electrons. The van der Waals surface area contributed by atoms with Gasteiger partial charge < -0.3 is 15.2 Å². The molecule has 0 aliphatic carbocycles. The monoisotopic (exact) mass is 374 g/mol. The van der Waals surface area contributed by atoms with Crippen LogP contribution in [0.1, 0.15) is 18.9 Å². The molecule has 1 atom stereocenters. The third-order valence-electron chi connectivity index (χ3n) is 4.05. The largest absolute Gasteiger partial charge is 0.384 e. The van der Waals surface area contributed by atoms with E-state index < -0.39 is 27.3 Å². The predicted molar refractivity (Wildman–Crippen MR) is 89.8 cm³/mol. The van der Waals surface area contributed by atoms with Crippen LogP contribution in [0.15, 0.2) is 24.3 Å². The van der Waals surface area contributed by atoms with E-state index in [1.165, 1.54) is 35.5 Å². The molecule has 1 fully saturated rings. The summed E-state index contributed by atoms with van der Waals surface area (Å²) in [5, 5.41) is 12.9. The van der Waals surface area contributed by atoms with E-state index in [0.29, 0.717) is 31.9 Å². The molecule has 1 saturated heterocycles. The molecule has 2 N–H and O–H groups in total. The van der Waals surface area contributed by atoms with Gasteiger partial charge >= 0.3 is 0 Å². The molecule has 1 unspecified atom stereocenters. The van der Waals surface area contributed by atoms with Crippen LogP contribution in [0.5, 0.6) is 0 Å². The van der Waals surface area contributed by atoms with E-state index in [-0.39, 0.29) is 18.7 Å². The van der Waals surface area contributed by atoms with Gasteiger partial charge in [-0.05, 0) is 24.6 Å². The molecule has 1 amide bonds. The Morgan fingerprint density at radius 2 is 1.92 bits per heavy atom. The molecule has 1 aromatic rings. The Labute approximate surface area is 146 Å². The summed E-state index contributed by atoms with van der Waals surface area (Å²) in [6.07, 6.45) is -0.195. The Hall–Kier alpha value is -1.55. The molecule has 0 bridgehead atoms. The number of nitrogens with zero attached hydrogens (tertiary/aromatic N) is 1. The second-order valence-corrected chi connectivity index (χ2v) is 8.22. The van der Waals surface area contributed by atoms with Crippen LogP contribution in [-0.4, -0.2) is 62.3 Å². The zero-order chi connectivity index (χ0) is 18.5. The summed E-state index contributed by atoms with van der Waals surface area (Å²) in [5.41, 5.74) is -0.929. The summed E-state index contributed by atoms with van der Waals surface area (Å²) in [4.78, 5) is 11.9. The highest BCUT2D eigenvalue weighted by Gasteiger charge is 2.26. The standard InChI is InChI=1S/C16H23FN2O5S/c1-16(21,13-2-4-14(17)5-3-13)12-18-15(20)6-11-25(22,23)19-7-9-24-10-8-19/h2-5,21H,6-12H2,1H3,(H,18,20). The fourth-order valence-corrected chi connectivity index (χ4v) is 3.85. The second kappa shape index (κ2) is 8.22. The quantitative estimate of drug-likeness (QED) is 0.711. The highest BCUT2D eigenvalue weighted by Crippen LogP contribution is 2.20. The predicted octanol–water partition coefficient (Wildman–Crippen LogP) is 0.202. The minimum absolute atomic E-state index is 0.102. The van der Waals surface area contributed by atoms with Crippen molar-refractivity contribution in [3.8, 4) is 0 Å². The normalized spacial score (nSPS) is 18.5. The smallest absolute Gasteiger partial charge is 0.221 e. The molecule has 1 aliphatic heterocycles. The maximum absolute atomic E-state index is 12.9. The van der Waals surface area contributed by atoms with Gasteiger partial charge in [-0.2, -0.15) is 4.31 Å². The zero-order valence-corrected chi connectivity index (χ0v) is 14.9. The molecule has 1 aliphatic rings. The molecule has 1 heterocycles. The molecule has 9 heteroatoms. The van der Waals surface area contributed by atoms with Crippen LogP contribution in [-0.2, 0) is 25.2 Å². The number of sulfonamides is 1. The number of hydrogen-bond acceptors (Lipinski definition) is 5. The summed E-state index contributed by atoms with van der Waals surface area (Å²) < 4.78 is 43.7. The lowest BCUT2D eigenvalue weighted by Gasteiger charge is -2.26. The van der Waals surface area contributed by atoms with Crippen molar-refractivity contribution in [1.29, 1.82) is 0 Å². The fourth-order valence-electron chi connectivity index (χ4n) is 2.45. The molecule has 1 aromatic carbocycles. The molecular formula is C16H23FN2O5S. The van der Waals surface area contributed by atoms with Gasteiger partial charge in [0.25, 0.3) is 0 Å². The van der Waals surface area contributed by atoms with Gasteiger partial charge in [0.1, 0.15) is 11.4 Å². The van der Waals surface area contributed by atoms with Gasteiger partial charge in [-0.3, -0.25) is 4.79 Å². The van der Waals surface area contributed by atoms with E-state index in [2.05, 4.69) is 5.32 Å². The average Bonchev–Trinajstić information content (AvgIpc) is 2.59. The van der Waals surface area contributed by atoms with Crippen LogP contribution in [0.3, 0.4) is 0 Å². The van der Waals surface area contributed by atoms with Crippen molar-refractivity contribution in [2.45, 2.75) is 18.9 Å². The number of rotatable bonds is 7. The summed E-state index contributed by atoms with van der Waals surface area (Å²) in [7, 11) is -3.50. The summed E-state index contributed by atoms with van der Waals surface area (Å²) >= 11 is 0. The number of aliphatic hydroxyl groups is 1. The van der Waals surface area contributed by atoms with Crippen molar-refractivity contribution in [1.82, 2.24) is 9.62 Å². The molecule has 0 aromatic heterocycles. The Morgan fingerprint density at radius 1 is 1.32 bits per heavy atom. The minimum atomic E-state index is -3.50. The first-order chi connectivity index (χ1) is 11.7. The third kappa shape index (κ3) is 5.74. The van der Waals surface area contributed by atoms with Gasteiger partial charge in [-0.1, -0.05) is 12.1 Å². The Bertz CT molecular complexity index is 685. The zero-order valence-electron chi connectivity index (χ0n) is 14.1. The molecule has 0 spiro atoms. The van der Waals surface area contributed by atoms with Gasteiger partial charge in [0.2, 0.25) is 15.9 Å². The topological polar surface area (TPSA) is 95.9 Å². The van der Waals surface area contributed by atoms with Crippen molar-refractivity contribution < 1.29 is 27.4 Å². The van der Waals surface area contributed by atoms with Gasteiger partial charge in [0.15, 0.2) is 0 Å². The summed E-state index contributed by atoms with van der Waals surface area (Å²) in [6, 6.07) is 5.32. The maximum atomic E-state index is 12.9. The summed E-state index contributed by atoms with van der Waals surface area (Å²) in [6.45, 7) is 2.68. The Morgan fingerprint density at radius 3 is 2.52 bits per heavy atom. The van der Waals surface area contributed by atoms with E-state index in [4.69, 9.17) is 4.74 Å². The minimum Gasteiger partial charge on any atom is -0.384 e. The molecule has 0 saturated carbocycles. The van der Waals surface area contributed by atoms with Gasteiger partial charge in [-0.25, -0.2) is 12.8 Å². The lowest BCUT2D eigenvalue weighted by atomic mass is 9.96. The van der Waals surface area contributed by atoms with Gasteiger partial charge in [0.05, 0.1) is 25.5 Å². The fraction of sp³-hybridized carbons (Fsp3) is 0.562. The number of ether oxygens (including phenoxy) is 1. The van der Waals surface area contributed by atoms with Gasteiger partial charge in [-0.15, -0.1) is 0 Å². The van der Waals surface area contributed by atoms with Crippen LogP contribution >= 0.6 is 0 Å². The van der Waals surface area contributed by atoms with Crippen LogP contribution in [0.4, 0.5) is 4.39 Å². The van der Waals surface area contributed by atoms with E-state index in [1.54, 1.807) is 0 Å². The number of carbonyl (C=O) groups is 1. The molecule has 7 nitrogen and oxygen atoms in total. The van der Waals surface area contributed by atoms with Crippen LogP contribution in [0.2, 0.25) is 0 Å². The number of hydrogen-bond donors (Lipinski definition) is 2. The van der Waals surface area contributed by atoms with E-state index in [0.717, 1.165) is 0 Å². The van der Waals surface area contributed by atoms with Crippen molar-refractivity contribution in [2.24, 2.45) is 0 Å².